The summed E-state index contributed by atoms with van der Waals surface area (Å²) in [7, 11) is 0. The van der Waals surface area contributed by atoms with Gasteiger partial charge in [0.1, 0.15) is 36.3 Å². The highest BCUT2D eigenvalue weighted by Crippen LogP contribution is 2.27. The maximum atomic E-state index is 14.0. The van der Waals surface area contributed by atoms with Gasteiger partial charge in [0.2, 0.25) is 47.3 Å². The molecule has 0 aromatic carbocycles. The zero-order valence-electron chi connectivity index (χ0n) is 35.1. The Morgan fingerprint density at radius 2 is 1.25 bits per heavy atom. The zero-order valence-corrected chi connectivity index (χ0v) is 36.0. The summed E-state index contributed by atoms with van der Waals surface area (Å²) in [6, 6.07) is -6.78. The Labute approximate surface area is 353 Å². The van der Waals surface area contributed by atoms with Crippen molar-refractivity contribution in [3.8, 4) is 0 Å². The van der Waals surface area contributed by atoms with Crippen molar-refractivity contribution in [3.63, 3.8) is 0 Å². The first-order valence-electron chi connectivity index (χ1n) is 20.9. The molecule has 0 aromatic rings. The smallest absolute Gasteiger partial charge is 0.246 e. The van der Waals surface area contributed by atoms with Crippen LogP contribution in [0.5, 0.6) is 0 Å². The van der Waals surface area contributed by atoms with Crippen molar-refractivity contribution < 1.29 is 38.4 Å². The molecule has 2 rings (SSSR count). The van der Waals surface area contributed by atoms with E-state index in [1.807, 2.05) is 27.7 Å². The number of aliphatic imine (C=N–C) groups is 1. The summed E-state index contributed by atoms with van der Waals surface area (Å²) in [6.07, 6.45) is 7.85. The SMILES string of the molecule is CC(C)C[C@H](NC(=O)CCC1CCCCC1)C(=O)N[C@@H](CC(C)C)C(=O)N[C@@H](CS)C(=O)N1CCC[C@H]1C(=O)N[C@@H](CCCN=C(N)N)C(=O)N[C@@H](CC(N)=O)C(N)=O. The Morgan fingerprint density at radius 1 is 0.695 bits per heavy atom. The Hall–Kier alpha value is -4.62. The van der Waals surface area contributed by atoms with Crippen LogP contribution in [0.15, 0.2) is 4.99 Å². The van der Waals surface area contributed by atoms with Gasteiger partial charge in [-0.3, -0.25) is 43.3 Å². The Morgan fingerprint density at radius 3 is 1.80 bits per heavy atom. The monoisotopic (exact) mass is 852 g/mol. The third kappa shape index (κ3) is 18.5. The molecule has 0 bridgehead atoms. The second-order valence-electron chi connectivity index (χ2n) is 16.6. The fourth-order valence-electron chi connectivity index (χ4n) is 7.45. The second kappa shape index (κ2) is 25.8. The number of nitrogens with zero attached hydrogens (tertiary/aromatic N) is 2. The molecule has 1 aliphatic carbocycles. The minimum absolute atomic E-state index is 0.0114. The lowest BCUT2D eigenvalue weighted by Gasteiger charge is -2.31. The standard InChI is InChI=1S/C39H69N11O8S/c1-22(2)18-27(45-32(52)15-14-24-10-6-5-7-11-24)35(55)48-28(19-23(3)4)36(56)49-29(21-59)38(58)50-17-9-13-30(50)37(57)46-25(12-8-16-44-39(42)43)34(54)47-26(33(41)53)20-31(40)51/h22-30,59H,5-21H2,1-4H3,(H2,40,51)(H2,41,53)(H,45,52)(H,46,57)(H,47,54)(H,48,55)(H,49,56)(H4,42,43,44)/t25-,26-,27-,28-,29-,30-/m0/s1. The van der Waals surface area contributed by atoms with E-state index in [9.17, 15) is 38.4 Å². The van der Waals surface area contributed by atoms with E-state index in [-0.39, 0.29) is 68.2 Å². The van der Waals surface area contributed by atoms with Gasteiger partial charge in [0.05, 0.1) is 6.42 Å². The molecule has 2 fully saturated rings. The molecular weight excluding hydrogens is 783 g/mol. The number of nitrogens with one attached hydrogen (secondary N) is 5. The van der Waals surface area contributed by atoms with E-state index in [1.54, 1.807) is 0 Å². The van der Waals surface area contributed by atoms with Gasteiger partial charge in [-0.05, 0) is 62.7 Å². The molecule has 59 heavy (non-hydrogen) atoms. The highest BCUT2D eigenvalue weighted by molar-refractivity contribution is 7.80. The van der Waals surface area contributed by atoms with Crippen LogP contribution in [-0.2, 0) is 38.4 Å². The molecule has 1 heterocycles. The molecule has 8 amide bonds. The predicted octanol–water partition coefficient (Wildman–Crippen LogP) is -0.802. The first kappa shape index (κ1) is 50.5. The van der Waals surface area contributed by atoms with Gasteiger partial charge in [-0.2, -0.15) is 12.6 Å². The number of nitrogens with two attached hydrogens (primary N) is 4. The lowest BCUT2D eigenvalue weighted by Crippen LogP contribution is -2.60. The van der Waals surface area contributed by atoms with Crippen molar-refractivity contribution in [2.24, 2.45) is 45.7 Å². The molecule has 334 valence electrons. The van der Waals surface area contributed by atoms with Crippen molar-refractivity contribution in [2.75, 3.05) is 18.8 Å². The van der Waals surface area contributed by atoms with E-state index in [4.69, 9.17) is 22.9 Å². The van der Waals surface area contributed by atoms with E-state index in [0.717, 1.165) is 19.3 Å². The van der Waals surface area contributed by atoms with Crippen LogP contribution in [0, 0.1) is 17.8 Å². The molecule has 0 aromatic heterocycles. The predicted molar refractivity (Wildman–Crippen MR) is 226 cm³/mol. The number of carbonyl (C=O) groups excluding carboxylic acids is 8. The van der Waals surface area contributed by atoms with Crippen molar-refractivity contribution in [2.45, 2.75) is 154 Å². The molecule has 1 saturated heterocycles. The molecule has 13 N–H and O–H groups in total. The largest absolute Gasteiger partial charge is 0.370 e. The van der Waals surface area contributed by atoms with Crippen molar-refractivity contribution in [1.82, 2.24) is 31.5 Å². The average molecular weight is 852 g/mol. The number of hydrogen-bond donors (Lipinski definition) is 10. The molecule has 0 spiro atoms. The maximum absolute atomic E-state index is 14.0. The lowest BCUT2D eigenvalue weighted by atomic mass is 9.86. The number of likely N-dealkylation sites (tertiary alicyclic amines) is 1. The van der Waals surface area contributed by atoms with Crippen LogP contribution in [0.1, 0.15) is 118 Å². The maximum Gasteiger partial charge on any atom is 0.246 e. The summed E-state index contributed by atoms with van der Waals surface area (Å²) in [5.41, 5.74) is 21.4. The van der Waals surface area contributed by atoms with Gasteiger partial charge in [0, 0.05) is 25.3 Å². The van der Waals surface area contributed by atoms with Crippen LogP contribution in [-0.4, -0.2) is 113 Å². The molecule has 1 aliphatic heterocycles. The summed E-state index contributed by atoms with van der Waals surface area (Å²) < 4.78 is 0. The molecule has 6 atom stereocenters. The summed E-state index contributed by atoms with van der Waals surface area (Å²) in [5.74, 6) is -5.05. The molecule has 1 saturated carbocycles. The van der Waals surface area contributed by atoms with Crippen LogP contribution < -0.4 is 49.5 Å². The first-order chi connectivity index (χ1) is 27.8. The van der Waals surface area contributed by atoms with Crippen LogP contribution in [0.2, 0.25) is 0 Å². The number of hydrogen-bond acceptors (Lipinski definition) is 10. The summed E-state index contributed by atoms with van der Waals surface area (Å²) in [4.78, 5) is 110. The van der Waals surface area contributed by atoms with Gasteiger partial charge >= 0.3 is 0 Å². The number of thiol groups is 1. The van der Waals surface area contributed by atoms with Gasteiger partial charge < -0.3 is 54.4 Å². The highest BCUT2D eigenvalue weighted by atomic mass is 32.1. The molecule has 2 aliphatic rings. The number of guanidine groups is 1. The van der Waals surface area contributed by atoms with Crippen molar-refractivity contribution in [3.05, 3.63) is 0 Å². The van der Waals surface area contributed by atoms with Crippen LogP contribution in [0.4, 0.5) is 0 Å². The fourth-order valence-corrected chi connectivity index (χ4v) is 7.70. The van der Waals surface area contributed by atoms with Crippen molar-refractivity contribution in [1.29, 1.82) is 0 Å². The van der Waals surface area contributed by atoms with Crippen LogP contribution >= 0.6 is 12.6 Å². The number of primary amides is 2. The molecule has 0 radical (unpaired) electrons. The topological polar surface area (TPSA) is 316 Å². The first-order valence-corrected chi connectivity index (χ1v) is 21.5. The molecule has 20 heteroatoms. The van der Waals surface area contributed by atoms with E-state index in [1.165, 1.54) is 24.2 Å². The van der Waals surface area contributed by atoms with Gasteiger partial charge in [-0.15, -0.1) is 0 Å². The van der Waals surface area contributed by atoms with E-state index in [0.29, 0.717) is 25.2 Å². The molecule has 19 nitrogen and oxygen atoms in total. The third-order valence-electron chi connectivity index (χ3n) is 10.5. The van der Waals surface area contributed by atoms with Crippen LogP contribution in [0.3, 0.4) is 0 Å². The van der Waals surface area contributed by atoms with E-state index >= 15 is 0 Å². The quantitative estimate of drug-likeness (QED) is 0.0236. The average Bonchev–Trinajstić information content (AvgIpc) is 3.66. The van der Waals surface area contributed by atoms with Gasteiger partial charge in [0.15, 0.2) is 5.96 Å². The van der Waals surface area contributed by atoms with E-state index in [2.05, 4.69) is 44.2 Å². The summed E-state index contributed by atoms with van der Waals surface area (Å²) in [6.45, 7) is 7.95. The second-order valence-corrected chi connectivity index (χ2v) is 16.9. The molecular formula is C39H69N11O8S. The molecule has 0 unspecified atom stereocenters. The number of carbonyl (C=O) groups is 8. The highest BCUT2D eigenvalue weighted by Gasteiger charge is 2.40. The lowest BCUT2D eigenvalue weighted by molar-refractivity contribution is -0.142. The Kier molecular flexibility index (Phi) is 22.1. The fraction of sp³-hybridized carbons (Fsp3) is 0.769. The Bertz CT molecular complexity index is 1490. The van der Waals surface area contributed by atoms with Gasteiger partial charge in [-0.25, -0.2) is 0 Å². The van der Waals surface area contributed by atoms with Gasteiger partial charge in [-0.1, -0.05) is 59.8 Å². The summed E-state index contributed by atoms with van der Waals surface area (Å²) in [5, 5.41) is 13.4. The van der Waals surface area contributed by atoms with Crippen LogP contribution in [0.25, 0.3) is 0 Å². The zero-order chi connectivity index (χ0) is 44.2. The Balaban J connectivity index is 2.18. The number of amides is 8. The normalized spacial score (nSPS) is 18.2. The minimum Gasteiger partial charge on any atom is -0.370 e. The van der Waals surface area contributed by atoms with Gasteiger partial charge in [0.25, 0.3) is 0 Å². The van der Waals surface area contributed by atoms with E-state index < -0.39 is 84.0 Å². The third-order valence-corrected chi connectivity index (χ3v) is 10.8. The number of rotatable bonds is 25. The summed E-state index contributed by atoms with van der Waals surface area (Å²) >= 11 is 4.34. The minimum atomic E-state index is -1.43. The van der Waals surface area contributed by atoms with Crippen molar-refractivity contribution >= 4 is 65.8 Å².